The molecule has 1 unspecified atom stereocenters. The Bertz CT molecular complexity index is 399. The summed E-state index contributed by atoms with van der Waals surface area (Å²) in [5.74, 6) is 1.01. The molecule has 1 N–H and O–H groups in total. The summed E-state index contributed by atoms with van der Waals surface area (Å²) in [7, 11) is 6.13. The van der Waals surface area contributed by atoms with E-state index in [9.17, 15) is 0 Å². The van der Waals surface area contributed by atoms with Gasteiger partial charge >= 0.3 is 0 Å². The lowest BCUT2D eigenvalue weighted by atomic mass is 10.2. The summed E-state index contributed by atoms with van der Waals surface area (Å²) in [6.45, 7) is 6.66. The van der Waals surface area contributed by atoms with Crippen molar-refractivity contribution >= 4 is 5.95 Å². The van der Waals surface area contributed by atoms with Crippen LogP contribution in [0.1, 0.15) is 25.5 Å². The maximum atomic E-state index is 4.44. The van der Waals surface area contributed by atoms with Crippen LogP contribution in [-0.4, -0.2) is 54.2 Å². The molecular formula is C14H27N5. The van der Waals surface area contributed by atoms with E-state index >= 15 is 0 Å². The zero-order valence-corrected chi connectivity index (χ0v) is 12.7. The minimum absolute atomic E-state index is 0.714. The monoisotopic (exact) mass is 265 g/mol. The lowest BCUT2D eigenvalue weighted by molar-refractivity contribution is 0.259. The molecule has 1 aromatic heterocycles. The van der Waals surface area contributed by atoms with Crippen LogP contribution in [0.25, 0.3) is 0 Å². The maximum Gasteiger partial charge on any atom is 0.204 e. The van der Waals surface area contributed by atoms with Crippen molar-refractivity contribution < 1.29 is 0 Å². The van der Waals surface area contributed by atoms with Gasteiger partial charge in [-0.05, 0) is 25.9 Å². The van der Waals surface area contributed by atoms with Gasteiger partial charge in [0.1, 0.15) is 0 Å². The van der Waals surface area contributed by atoms with Crippen LogP contribution in [-0.2, 0) is 13.6 Å². The van der Waals surface area contributed by atoms with Crippen molar-refractivity contribution in [3.8, 4) is 0 Å². The predicted molar refractivity (Wildman–Crippen MR) is 79.5 cm³/mol. The van der Waals surface area contributed by atoms with E-state index < -0.39 is 0 Å². The first-order valence-electron chi connectivity index (χ1n) is 7.26. The van der Waals surface area contributed by atoms with Crippen LogP contribution in [0.15, 0.2) is 6.20 Å². The molecule has 1 atom stereocenters. The number of rotatable bonds is 6. The SMILES string of the molecule is CCN1CCCC1CNCc1cnc(N(C)C)n1C. The number of imidazole rings is 1. The highest BCUT2D eigenvalue weighted by atomic mass is 15.3. The minimum atomic E-state index is 0.714. The summed E-state index contributed by atoms with van der Waals surface area (Å²) in [6.07, 6.45) is 4.64. The normalized spacial score (nSPS) is 20.1. The third-order valence-corrected chi connectivity index (χ3v) is 4.05. The highest BCUT2D eigenvalue weighted by molar-refractivity contribution is 5.30. The van der Waals surface area contributed by atoms with Gasteiger partial charge in [0.25, 0.3) is 0 Å². The van der Waals surface area contributed by atoms with Gasteiger partial charge in [0, 0.05) is 40.3 Å². The van der Waals surface area contributed by atoms with Crippen molar-refractivity contribution in [3.63, 3.8) is 0 Å². The van der Waals surface area contributed by atoms with Gasteiger partial charge < -0.3 is 14.8 Å². The van der Waals surface area contributed by atoms with Crippen molar-refractivity contribution in [3.05, 3.63) is 11.9 Å². The van der Waals surface area contributed by atoms with E-state index in [2.05, 4.69) is 33.7 Å². The van der Waals surface area contributed by atoms with Gasteiger partial charge in [-0.1, -0.05) is 6.92 Å². The molecular weight excluding hydrogens is 238 g/mol. The Kier molecular flexibility index (Phi) is 4.82. The number of anilines is 1. The molecule has 2 rings (SSSR count). The largest absolute Gasteiger partial charge is 0.348 e. The van der Waals surface area contributed by atoms with Crippen molar-refractivity contribution in [1.82, 2.24) is 19.8 Å². The zero-order valence-electron chi connectivity index (χ0n) is 12.7. The number of likely N-dealkylation sites (N-methyl/N-ethyl adjacent to an activating group) is 1. The van der Waals surface area contributed by atoms with Gasteiger partial charge in [0.15, 0.2) is 0 Å². The van der Waals surface area contributed by atoms with Gasteiger partial charge in [0.2, 0.25) is 5.95 Å². The molecule has 0 bridgehead atoms. The molecule has 1 fully saturated rings. The van der Waals surface area contributed by atoms with Crippen LogP contribution in [0.4, 0.5) is 5.95 Å². The Hall–Kier alpha value is -1.07. The average Bonchev–Trinajstić information content (AvgIpc) is 2.97. The van der Waals surface area contributed by atoms with Crippen molar-refractivity contribution in [2.75, 3.05) is 38.6 Å². The molecule has 0 saturated carbocycles. The molecule has 2 heterocycles. The fourth-order valence-corrected chi connectivity index (χ4v) is 2.92. The molecule has 1 aromatic rings. The fraction of sp³-hybridized carbons (Fsp3) is 0.786. The average molecular weight is 265 g/mol. The molecule has 1 saturated heterocycles. The quantitative estimate of drug-likeness (QED) is 0.834. The van der Waals surface area contributed by atoms with Gasteiger partial charge in [0.05, 0.1) is 11.9 Å². The Morgan fingerprint density at radius 2 is 2.26 bits per heavy atom. The van der Waals surface area contributed by atoms with Gasteiger partial charge in [-0.25, -0.2) is 4.98 Å². The molecule has 5 nitrogen and oxygen atoms in total. The van der Waals surface area contributed by atoms with E-state index in [-0.39, 0.29) is 0 Å². The summed E-state index contributed by atoms with van der Waals surface area (Å²) in [4.78, 5) is 9.05. The van der Waals surface area contributed by atoms with Crippen LogP contribution in [0.3, 0.4) is 0 Å². The molecule has 0 spiro atoms. The second kappa shape index (κ2) is 6.39. The van der Waals surface area contributed by atoms with Crippen molar-refractivity contribution in [1.29, 1.82) is 0 Å². The first kappa shape index (κ1) is 14.3. The van der Waals surface area contributed by atoms with Gasteiger partial charge in [-0.15, -0.1) is 0 Å². The number of hydrogen-bond donors (Lipinski definition) is 1. The third-order valence-electron chi connectivity index (χ3n) is 4.05. The second-order valence-corrected chi connectivity index (χ2v) is 5.56. The molecule has 0 radical (unpaired) electrons. The summed E-state index contributed by atoms with van der Waals surface area (Å²) in [5, 5.41) is 3.58. The summed E-state index contributed by atoms with van der Waals surface area (Å²) in [5.41, 5.74) is 1.24. The number of hydrogen-bond acceptors (Lipinski definition) is 4. The van der Waals surface area contributed by atoms with Crippen LogP contribution in [0, 0.1) is 0 Å². The van der Waals surface area contributed by atoms with Gasteiger partial charge in [-0.3, -0.25) is 4.90 Å². The summed E-state index contributed by atoms with van der Waals surface area (Å²) in [6, 6.07) is 0.714. The highest BCUT2D eigenvalue weighted by Gasteiger charge is 2.22. The first-order valence-corrected chi connectivity index (χ1v) is 7.26. The Morgan fingerprint density at radius 3 is 2.89 bits per heavy atom. The molecule has 5 heteroatoms. The Labute approximate surface area is 116 Å². The molecule has 0 amide bonds. The van der Waals surface area contributed by atoms with Crippen molar-refractivity contribution in [2.45, 2.75) is 32.4 Å². The summed E-state index contributed by atoms with van der Waals surface area (Å²) < 4.78 is 2.15. The first-order chi connectivity index (χ1) is 9.13. The van der Waals surface area contributed by atoms with E-state index in [0.29, 0.717) is 6.04 Å². The van der Waals surface area contributed by atoms with Gasteiger partial charge in [-0.2, -0.15) is 0 Å². The zero-order chi connectivity index (χ0) is 13.8. The molecule has 1 aliphatic rings. The minimum Gasteiger partial charge on any atom is -0.348 e. The number of nitrogens with zero attached hydrogens (tertiary/aromatic N) is 4. The van der Waals surface area contributed by atoms with Crippen LogP contribution < -0.4 is 10.2 Å². The van der Waals surface area contributed by atoms with Crippen LogP contribution in [0.2, 0.25) is 0 Å². The van der Waals surface area contributed by atoms with E-state index in [1.165, 1.54) is 31.6 Å². The maximum absolute atomic E-state index is 4.44. The molecule has 0 aliphatic carbocycles. The highest BCUT2D eigenvalue weighted by Crippen LogP contribution is 2.16. The molecule has 0 aromatic carbocycles. The van der Waals surface area contributed by atoms with E-state index in [4.69, 9.17) is 0 Å². The molecule has 19 heavy (non-hydrogen) atoms. The molecule has 1 aliphatic heterocycles. The third kappa shape index (κ3) is 3.28. The van der Waals surface area contributed by atoms with E-state index in [1.807, 2.05) is 25.2 Å². The Morgan fingerprint density at radius 1 is 1.47 bits per heavy atom. The van der Waals surface area contributed by atoms with Crippen LogP contribution >= 0.6 is 0 Å². The van der Waals surface area contributed by atoms with E-state index in [0.717, 1.165) is 19.0 Å². The van der Waals surface area contributed by atoms with E-state index in [1.54, 1.807) is 0 Å². The standard InChI is InChI=1S/C14H27N5/c1-5-19-8-6-7-12(19)9-15-10-13-11-16-14(17(2)3)18(13)4/h11-12,15H,5-10H2,1-4H3. The smallest absolute Gasteiger partial charge is 0.204 e. The predicted octanol–water partition coefficient (Wildman–Crippen LogP) is 1.06. The number of nitrogens with one attached hydrogen (secondary N) is 1. The fourth-order valence-electron chi connectivity index (χ4n) is 2.92. The lowest BCUT2D eigenvalue weighted by Crippen LogP contribution is -2.37. The Balaban J connectivity index is 1.83. The topological polar surface area (TPSA) is 36.3 Å². The lowest BCUT2D eigenvalue weighted by Gasteiger charge is -2.23. The number of likely N-dealkylation sites (tertiary alicyclic amines) is 1. The number of aromatic nitrogens is 2. The summed E-state index contributed by atoms with van der Waals surface area (Å²) >= 11 is 0. The van der Waals surface area contributed by atoms with Crippen LogP contribution in [0.5, 0.6) is 0 Å². The molecule has 108 valence electrons. The van der Waals surface area contributed by atoms with Crippen molar-refractivity contribution in [2.24, 2.45) is 7.05 Å². The second-order valence-electron chi connectivity index (χ2n) is 5.56.